The highest BCUT2D eigenvalue weighted by Gasteiger charge is 2.24. The van der Waals surface area contributed by atoms with Gasteiger partial charge in [-0.25, -0.2) is 9.38 Å². The maximum absolute atomic E-state index is 15.9. The standard InChI is InChI=1S/C26H37FN2O3/c1-7-22(25(27)26(28-17(2)3)32-21-11-9-8-10-12-21)23-16-29(15-19(5)31)24(20(23)6)14-13-18(4)30/h13-14,16,19,21,31H,2,7-12,15H2,1,3-6H3/b14-13-,25-22-,28-26?/t19-/m0/s1. The van der Waals surface area contributed by atoms with Gasteiger partial charge in [-0.05, 0) is 77.5 Å². The van der Waals surface area contributed by atoms with Crippen LogP contribution in [0.25, 0.3) is 11.6 Å². The number of ketones is 1. The quantitative estimate of drug-likeness (QED) is 0.282. The van der Waals surface area contributed by atoms with Crippen LogP contribution in [0.15, 0.2) is 35.4 Å². The SMILES string of the molecule is C=C(C)N=C(OC1CCCCC1)/C(F)=C(\CC)c1cn(C[C@H](C)O)c(/C=C\C(C)=O)c1C. The van der Waals surface area contributed by atoms with Crippen molar-refractivity contribution in [3.8, 4) is 0 Å². The van der Waals surface area contributed by atoms with Gasteiger partial charge in [0.2, 0.25) is 0 Å². The molecule has 0 aliphatic heterocycles. The molecule has 0 bridgehead atoms. The number of aliphatic hydroxyl groups is 1. The van der Waals surface area contributed by atoms with E-state index in [9.17, 15) is 9.90 Å². The van der Waals surface area contributed by atoms with E-state index in [0.717, 1.165) is 42.5 Å². The predicted molar refractivity (Wildman–Crippen MR) is 129 cm³/mol. The van der Waals surface area contributed by atoms with Crippen molar-refractivity contribution in [3.05, 3.63) is 47.2 Å². The monoisotopic (exact) mass is 444 g/mol. The second-order valence-electron chi connectivity index (χ2n) is 8.67. The van der Waals surface area contributed by atoms with Gasteiger partial charge in [-0.3, -0.25) is 4.79 Å². The summed E-state index contributed by atoms with van der Waals surface area (Å²) in [4.78, 5) is 15.8. The minimum absolute atomic E-state index is 0.00949. The maximum Gasteiger partial charge on any atom is 0.251 e. The molecule has 1 heterocycles. The molecule has 1 atom stereocenters. The van der Waals surface area contributed by atoms with Crippen LogP contribution in [0, 0.1) is 6.92 Å². The van der Waals surface area contributed by atoms with Gasteiger partial charge in [-0.15, -0.1) is 0 Å². The second-order valence-corrected chi connectivity index (χ2v) is 8.67. The molecular formula is C26H37FN2O3. The van der Waals surface area contributed by atoms with E-state index in [-0.39, 0.29) is 17.8 Å². The number of aliphatic imine (C=N–C) groups is 1. The fourth-order valence-electron chi connectivity index (χ4n) is 4.07. The fraction of sp³-hybridized carbons (Fsp3) is 0.538. The summed E-state index contributed by atoms with van der Waals surface area (Å²) >= 11 is 0. The van der Waals surface area contributed by atoms with Crippen molar-refractivity contribution in [2.24, 2.45) is 4.99 Å². The molecule has 32 heavy (non-hydrogen) atoms. The smallest absolute Gasteiger partial charge is 0.251 e. The number of carbonyl (C=O) groups is 1. The first-order chi connectivity index (χ1) is 15.1. The van der Waals surface area contributed by atoms with E-state index in [0.29, 0.717) is 24.2 Å². The molecule has 2 rings (SSSR count). The molecule has 1 saturated carbocycles. The number of aliphatic hydroxyl groups excluding tert-OH is 1. The van der Waals surface area contributed by atoms with Crippen LogP contribution in [0.5, 0.6) is 0 Å². The van der Waals surface area contributed by atoms with Gasteiger partial charge in [0.15, 0.2) is 11.6 Å². The van der Waals surface area contributed by atoms with Crippen molar-refractivity contribution in [1.29, 1.82) is 0 Å². The molecule has 0 unspecified atom stereocenters. The Labute approximate surface area is 191 Å². The molecule has 1 aliphatic rings. The van der Waals surface area contributed by atoms with E-state index in [1.54, 1.807) is 19.9 Å². The Morgan fingerprint density at radius 3 is 2.56 bits per heavy atom. The van der Waals surface area contributed by atoms with E-state index >= 15 is 4.39 Å². The Balaban J connectivity index is 2.56. The number of aromatic nitrogens is 1. The summed E-state index contributed by atoms with van der Waals surface area (Å²) in [6, 6.07) is 0. The predicted octanol–water partition coefficient (Wildman–Crippen LogP) is 6.15. The third-order valence-electron chi connectivity index (χ3n) is 5.57. The van der Waals surface area contributed by atoms with Crippen molar-refractivity contribution in [3.63, 3.8) is 0 Å². The van der Waals surface area contributed by atoms with E-state index in [1.807, 2.05) is 24.6 Å². The lowest BCUT2D eigenvalue weighted by molar-refractivity contribution is -0.112. The van der Waals surface area contributed by atoms with Crippen LogP contribution >= 0.6 is 0 Å². The molecule has 1 N–H and O–H groups in total. The summed E-state index contributed by atoms with van der Waals surface area (Å²) in [5.74, 6) is -0.574. The van der Waals surface area contributed by atoms with Crippen molar-refractivity contribution >= 4 is 23.3 Å². The van der Waals surface area contributed by atoms with Crippen LogP contribution in [0.4, 0.5) is 4.39 Å². The van der Waals surface area contributed by atoms with Gasteiger partial charge in [0, 0.05) is 35.3 Å². The number of nitrogens with zero attached hydrogens (tertiary/aromatic N) is 2. The number of carbonyl (C=O) groups excluding carboxylic acids is 1. The summed E-state index contributed by atoms with van der Waals surface area (Å²) < 4.78 is 23.8. The molecular weight excluding hydrogens is 407 g/mol. The number of ether oxygens (including phenoxy) is 1. The first kappa shape index (κ1) is 25.8. The molecule has 0 saturated heterocycles. The minimum atomic E-state index is -0.590. The van der Waals surface area contributed by atoms with Gasteiger partial charge in [0.05, 0.1) is 6.10 Å². The summed E-state index contributed by atoms with van der Waals surface area (Å²) in [5.41, 5.74) is 3.29. The van der Waals surface area contributed by atoms with Gasteiger partial charge in [0.25, 0.3) is 5.90 Å². The highest BCUT2D eigenvalue weighted by atomic mass is 19.1. The molecule has 5 nitrogen and oxygen atoms in total. The minimum Gasteiger partial charge on any atom is -0.472 e. The van der Waals surface area contributed by atoms with Crippen molar-refractivity contribution in [2.75, 3.05) is 0 Å². The molecule has 1 fully saturated rings. The lowest BCUT2D eigenvalue weighted by Crippen LogP contribution is -2.22. The van der Waals surface area contributed by atoms with Crippen LogP contribution < -0.4 is 0 Å². The zero-order valence-corrected chi connectivity index (χ0v) is 20.1. The van der Waals surface area contributed by atoms with E-state index < -0.39 is 11.9 Å². The molecule has 6 heteroatoms. The van der Waals surface area contributed by atoms with Crippen molar-refractivity contribution in [2.45, 2.75) is 91.9 Å². The van der Waals surface area contributed by atoms with Crippen LogP contribution in [0.3, 0.4) is 0 Å². The molecule has 176 valence electrons. The lowest BCUT2D eigenvalue weighted by Gasteiger charge is -2.24. The molecule has 0 aromatic carbocycles. The third kappa shape index (κ3) is 7.02. The van der Waals surface area contributed by atoms with Crippen LogP contribution in [0.2, 0.25) is 0 Å². The third-order valence-corrected chi connectivity index (χ3v) is 5.57. The number of hydrogen-bond donors (Lipinski definition) is 1. The number of halogens is 1. The average molecular weight is 445 g/mol. The van der Waals surface area contributed by atoms with E-state index in [1.165, 1.54) is 19.4 Å². The number of hydrogen-bond acceptors (Lipinski definition) is 4. The molecule has 1 aliphatic carbocycles. The number of rotatable bonds is 9. The second kappa shape index (κ2) is 12.0. The Morgan fingerprint density at radius 2 is 2.03 bits per heavy atom. The van der Waals surface area contributed by atoms with Crippen LogP contribution in [-0.4, -0.2) is 33.6 Å². The topological polar surface area (TPSA) is 63.8 Å². The molecule has 0 amide bonds. The summed E-state index contributed by atoms with van der Waals surface area (Å²) in [6.07, 6.45) is 9.96. The first-order valence-corrected chi connectivity index (χ1v) is 11.5. The molecule has 0 spiro atoms. The fourth-order valence-corrected chi connectivity index (χ4v) is 4.07. The van der Waals surface area contributed by atoms with E-state index in [2.05, 4.69) is 11.6 Å². The highest BCUT2D eigenvalue weighted by molar-refractivity contribution is 6.00. The maximum atomic E-state index is 15.9. The van der Waals surface area contributed by atoms with Gasteiger partial charge >= 0.3 is 0 Å². The Bertz CT molecular complexity index is 916. The van der Waals surface area contributed by atoms with Crippen LogP contribution in [0.1, 0.15) is 83.0 Å². The Hall–Kier alpha value is -2.47. The Morgan fingerprint density at radius 1 is 1.38 bits per heavy atom. The summed E-state index contributed by atoms with van der Waals surface area (Å²) in [6.45, 7) is 12.8. The zero-order chi connectivity index (χ0) is 23.8. The largest absolute Gasteiger partial charge is 0.472 e. The van der Waals surface area contributed by atoms with Crippen LogP contribution in [-0.2, 0) is 16.1 Å². The van der Waals surface area contributed by atoms with Gasteiger partial charge in [-0.2, -0.15) is 0 Å². The van der Waals surface area contributed by atoms with Gasteiger partial charge < -0.3 is 14.4 Å². The average Bonchev–Trinajstić information content (AvgIpc) is 3.01. The Kier molecular flexibility index (Phi) is 9.63. The molecule has 1 aromatic heterocycles. The first-order valence-electron chi connectivity index (χ1n) is 11.5. The highest BCUT2D eigenvalue weighted by Crippen LogP contribution is 2.32. The van der Waals surface area contributed by atoms with Crippen molar-refractivity contribution < 1.29 is 19.0 Å². The zero-order valence-electron chi connectivity index (χ0n) is 20.1. The molecule has 0 radical (unpaired) electrons. The summed E-state index contributed by atoms with van der Waals surface area (Å²) in [7, 11) is 0. The van der Waals surface area contributed by atoms with Gasteiger partial charge in [0.1, 0.15) is 6.10 Å². The lowest BCUT2D eigenvalue weighted by atomic mass is 9.97. The number of allylic oxidation sites excluding steroid dienone is 3. The van der Waals surface area contributed by atoms with Crippen molar-refractivity contribution in [1.82, 2.24) is 4.57 Å². The summed E-state index contributed by atoms with van der Waals surface area (Å²) in [5, 5.41) is 9.94. The van der Waals surface area contributed by atoms with E-state index in [4.69, 9.17) is 4.74 Å². The normalized spacial score (nSPS) is 17.4. The molecule has 1 aromatic rings. The van der Waals surface area contributed by atoms with Gasteiger partial charge in [-0.1, -0.05) is 19.9 Å².